The van der Waals surface area contributed by atoms with Crippen LogP contribution in [0.1, 0.15) is 25.3 Å². The summed E-state index contributed by atoms with van der Waals surface area (Å²) in [6.45, 7) is 5.67. The maximum absolute atomic E-state index is 9.41. The number of aliphatic hydroxyl groups is 1. The lowest BCUT2D eigenvalue weighted by molar-refractivity contribution is 0.0429. The van der Waals surface area contributed by atoms with Crippen LogP contribution in [0.2, 0.25) is 0 Å². The Labute approximate surface area is 97.9 Å². The first-order chi connectivity index (χ1) is 7.72. The molecule has 16 heavy (non-hydrogen) atoms. The second-order valence-corrected chi connectivity index (χ2v) is 5.27. The van der Waals surface area contributed by atoms with Gasteiger partial charge in [0.15, 0.2) is 0 Å². The van der Waals surface area contributed by atoms with Gasteiger partial charge in [-0.25, -0.2) is 0 Å². The summed E-state index contributed by atoms with van der Waals surface area (Å²) in [5.74, 6) is 0. The van der Waals surface area contributed by atoms with Crippen LogP contribution >= 0.6 is 0 Å². The summed E-state index contributed by atoms with van der Waals surface area (Å²) in [6.07, 6.45) is 2.35. The average molecular weight is 219 g/mol. The first kappa shape index (κ1) is 11.6. The Morgan fingerprint density at radius 2 is 2.06 bits per heavy atom. The zero-order valence-electron chi connectivity index (χ0n) is 10.0. The van der Waals surface area contributed by atoms with Crippen LogP contribution in [0.25, 0.3) is 0 Å². The molecule has 0 unspecified atom stereocenters. The Balaban J connectivity index is 1.96. The number of hydrogen-bond acceptors (Lipinski definition) is 2. The van der Waals surface area contributed by atoms with Crippen LogP contribution in [0.15, 0.2) is 30.3 Å². The Bertz CT molecular complexity index is 325. The predicted molar refractivity (Wildman–Crippen MR) is 66.1 cm³/mol. The predicted octanol–water partition coefficient (Wildman–Crippen LogP) is 2.28. The molecule has 1 N–H and O–H groups in total. The minimum atomic E-state index is 0.104. The van der Waals surface area contributed by atoms with Gasteiger partial charge in [0.2, 0.25) is 0 Å². The van der Waals surface area contributed by atoms with Crippen LogP contribution in [0.4, 0.5) is 0 Å². The van der Waals surface area contributed by atoms with Gasteiger partial charge >= 0.3 is 0 Å². The van der Waals surface area contributed by atoms with Gasteiger partial charge in [-0.3, -0.25) is 4.90 Å². The standard InChI is InChI=1S/C14H21NO/c1-14(12-16)8-5-9-15(11-14)10-13-6-3-2-4-7-13/h2-4,6-7,16H,5,8-12H2,1H3/t14-/m0/s1. The van der Waals surface area contributed by atoms with E-state index in [1.165, 1.54) is 12.0 Å². The molecule has 1 atom stereocenters. The molecule has 1 heterocycles. The van der Waals surface area contributed by atoms with E-state index in [9.17, 15) is 5.11 Å². The zero-order valence-corrected chi connectivity index (χ0v) is 10.0. The van der Waals surface area contributed by atoms with Gasteiger partial charge in [-0.15, -0.1) is 0 Å². The third-order valence-corrected chi connectivity index (χ3v) is 3.49. The van der Waals surface area contributed by atoms with Crippen molar-refractivity contribution in [2.75, 3.05) is 19.7 Å². The molecule has 0 radical (unpaired) electrons. The third kappa shape index (κ3) is 2.83. The summed E-state index contributed by atoms with van der Waals surface area (Å²) in [7, 11) is 0. The molecule has 2 rings (SSSR count). The Morgan fingerprint density at radius 1 is 1.31 bits per heavy atom. The van der Waals surface area contributed by atoms with E-state index in [4.69, 9.17) is 0 Å². The van der Waals surface area contributed by atoms with Gasteiger partial charge in [-0.2, -0.15) is 0 Å². The Hall–Kier alpha value is -0.860. The summed E-state index contributed by atoms with van der Waals surface area (Å²) in [6, 6.07) is 10.6. The lowest BCUT2D eigenvalue weighted by atomic mass is 9.82. The lowest BCUT2D eigenvalue weighted by Crippen LogP contribution is -2.43. The lowest BCUT2D eigenvalue weighted by Gasteiger charge is -2.39. The fourth-order valence-electron chi connectivity index (χ4n) is 2.53. The van der Waals surface area contributed by atoms with E-state index in [1.807, 2.05) is 0 Å². The van der Waals surface area contributed by atoms with Gasteiger partial charge < -0.3 is 5.11 Å². The number of hydrogen-bond donors (Lipinski definition) is 1. The van der Waals surface area contributed by atoms with Gasteiger partial charge in [0.1, 0.15) is 0 Å². The van der Waals surface area contributed by atoms with Gasteiger partial charge in [-0.05, 0) is 24.9 Å². The van der Waals surface area contributed by atoms with Crippen LogP contribution in [-0.2, 0) is 6.54 Å². The largest absolute Gasteiger partial charge is 0.396 e. The average Bonchev–Trinajstić information content (AvgIpc) is 2.30. The minimum Gasteiger partial charge on any atom is -0.396 e. The van der Waals surface area contributed by atoms with E-state index in [2.05, 4.69) is 42.2 Å². The number of nitrogens with zero attached hydrogens (tertiary/aromatic N) is 1. The van der Waals surface area contributed by atoms with Crippen LogP contribution in [0.3, 0.4) is 0 Å². The van der Waals surface area contributed by atoms with Crippen molar-refractivity contribution >= 4 is 0 Å². The van der Waals surface area contributed by atoms with Crippen LogP contribution in [0.5, 0.6) is 0 Å². The van der Waals surface area contributed by atoms with Gasteiger partial charge in [0.05, 0.1) is 0 Å². The number of aliphatic hydroxyl groups excluding tert-OH is 1. The molecule has 0 spiro atoms. The van der Waals surface area contributed by atoms with Crippen molar-refractivity contribution in [3.8, 4) is 0 Å². The number of benzene rings is 1. The molecule has 1 aliphatic heterocycles. The summed E-state index contributed by atoms with van der Waals surface area (Å²) < 4.78 is 0. The quantitative estimate of drug-likeness (QED) is 0.843. The normalized spacial score (nSPS) is 26.9. The van der Waals surface area contributed by atoms with E-state index in [1.54, 1.807) is 0 Å². The van der Waals surface area contributed by atoms with Crippen molar-refractivity contribution in [3.63, 3.8) is 0 Å². The molecule has 0 aromatic heterocycles. The highest BCUT2D eigenvalue weighted by atomic mass is 16.3. The zero-order chi connectivity index (χ0) is 11.4. The van der Waals surface area contributed by atoms with Crippen molar-refractivity contribution < 1.29 is 5.11 Å². The molecule has 88 valence electrons. The molecular weight excluding hydrogens is 198 g/mol. The minimum absolute atomic E-state index is 0.104. The molecule has 1 aliphatic rings. The molecule has 2 nitrogen and oxygen atoms in total. The van der Waals surface area contributed by atoms with Crippen molar-refractivity contribution in [1.29, 1.82) is 0 Å². The van der Waals surface area contributed by atoms with Crippen LogP contribution in [0, 0.1) is 5.41 Å². The second-order valence-electron chi connectivity index (χ2n) is 5.27. The Kier molecular flexibility index (Phi) is 3.62. The highest BCUT2D eigenvalue weighted by Gasteiger charge is 2.29. The molecule has 0 amide bonds. The summed E-state index contributed by atoms with van der Waals surface area (Å²) >= 11 is 0. The molecule has 1 fully saturated rings. The van der Waals surface area contributed by atoms with E-state index < -0.39 is 0 Å². The first-order valence-electron chi connectivity index (χ1n) is 6.09. The molecule has 0 bridgehead atoms. The highest BCUT2D eigenvalue weighted by molar-refractivity contribution is 5.14. The third-order valence-electron chi connectivity index (χ3n) is 3.49. The number of rotatable bonds is 3. The number of likely N-dealkylation sites (tertiary alicyclic amines) is 1. The van der Waals surface area contributed by atoms with Crippen LogP contribution in [-0.4, -0.2) is 29.7 Å². The van der Waals surface area contributed by atoms with Gasteiger partial charge in [0, 0.05) is 25.1 Å². The van der Waals surface area contributed by atoms with E-state index in [-0.39, 0.29) is 5.41 Å². The fourth-order valence-corrected chi connectivity index (χ4v) is 2.53. The smallest absolute Gasteiger partial charge is 0.0497 e. The highest BCUT2D eigenvalue weighted by Crippen LogP contribution is 2.29. The van der Waals surface area contributed by atoms with Crippen molar-refractivity contribution in [2.24, 2.45) is 5.41 Å². The fraction of sp³-hybridized carbons (Fsp3) is 0.571. The van der Waals surface area contributed by atoms with Crippen molar-refractivity contribution in [3.05, 3.63) is 35.9 Å². The van der Waals surface area contributed by atoms with E-state index in [0.29, 0.717) is 6.61 Å². The first-order valence-corrected chi connectivity index (χ1v) is 6.09. The SMILES string of the molecule is C[C@]1(CO)CCCN(Cc2ccccc2)C1. The summed E-state index contributed by atoms with van der Waals surface area (Å²) in [5.41, 5.74) is 1.47. The van der Waals surface area contributed by atoms with E-state index in [0.717, 1.165) is 26.1 Å². The summed E-state index contributed by atoms with van der Waals surface area (Å²) in [5, 5.41) is 9.41. The van der Waals surface area contributed by atoms with E-state index >= 15 is 0 Å². The molecule has 0 aliphatic carbocycles. The monoisotopic (exact) mass is 219 g/mol. The topological polar surface area (TPSA) is 23.5 Å². The molecule has 1 aromatic rings. The van der Waals surface area contributed by atoms with Gasteiger partial charge in [0.25, 0.3) is 0 Å². The van der Waals surface area contributed by atoms with Gasteiger partial charge in [-0.1, -0.05) is 37.3 Å². The van der Waals surface area contributed by atoms with Crippen LogP contribution < -0.4 is 0 Å². The molecule has 1 aromatic carbocycles. The Morgan fingerprint density at radius 3 is 2.75 bits per heavy atom. The molecule has 0 saturated carbocycles. The molecular formula is C14H21NO. The maximum atomic E-state index is 9.41. The molecule has 1 saturated heterocycles. The summed E-state index contributed by atoms with van der Waals surface area (Å²) in [4.78, 5) is 2.45. The molecule has 2 heteroatoms. The van der Waals surface area contributed by atoms with Crippen molar-refractivity contribution in [2.45, 2.75) is 26.3 Å². The number of piperidine rings is 1. The second kappa shape index (κ2) is 4.98. The van der Waals surface area contributed by atoms with Crippen molar-refractivity contribution in [1.82, 2.24) is 4.90 Å². The maximum Gasteiger partial charge on any atom is 0.0497 e.